The second kappa shape index (κ2) is 5.47. The number of hydrogen-bond donors (Lipinski definition) is 2. The number of H-pyrrole nitrogens is 1. The van der Waals surface area contributed by atoms with Crippen molar-refractivity contribution >= 4 is 15.9 Å². The van der Waals surface area contributed by atoms with Gasteiger partial charge in [0.2, 0.25) is 0 Å². The van der Waals surface area contributed by atoms with Gasteiger partial charge in [-0.15, -0.1) is 0 Å². The van der Waals surface area contributed by atoms with Crippen molar-refractivity contribution in [2.45, 2.75) is 39.2 Å². The molecule has 1 aromatic carbocycles. The van der Waals surface area contributed by atoms with Gasteiger partial charge in [0.05, 0.1) is 11.2 Å². The molecule has 2 aromatic rings. The first-order valence-corrected chi connectivity index (χ1v) is 7.41. The number of nitrogens with zero attached hydrogens (tertiary/aromatic N) is 1. The van der Waals surface area contributed by atoms with Crippen LogP contribution in [0, 0.1) is 6.92 Å². The Morgan fingerprint density at radius 2 is 2.00 bits per heavy atom. The van der Waals surface area contributed by atoms with E-state index in [0.29, 0.717) is 0 Å². The average Bonchev–Trinajstić information content (AvgIpc) is 2.80. The fourth-order valence-electron chi connectivity index (χ4n) is 2.20. The Bertz CT molecular complexity index is 571. The SMILES string of the molecule is CCC(N)(CC)c1nc(-c2cccc(Br)c2)c(C)[nH]1. The highest BCUT2D eigenvalue weighted by Gasteiger charge is 2.27. The number of rotatable bonds is 4. The molecule has 0 unspecified atom stereocenters. The second-order valence-corrected chi connectivity index (χ2v) is 5.85. The highest BCUT2D eigenvalue weighted by Crippen LogP contribution is 2.29. The van der Waals surface area contributed by atoms with E-state index in [2.05, 4.69) is 46.9 Å². The summed E-state index contributed by atoms with van der Waals surface area (Å²) in [6, 6.07) is 8.16. The Kier molecular flexibility index (Phi) is 4.11. The minimum atomic E-state index is -0.366. The first kappa shape index (κ1) is 14.3. The number of imidazole rings is 1. The Morgan fingerprint density at radius 1 is 1.32 bits per heavy atom. The molecule has 0 radical (unpaired) electrons. The molecular weight excluding hydrogens is 302 g/mol. The van der Waals surface area contributed by atoms with E-state index < -0.39 is 0 Å². The summed E-state index contributed by atoms with van der Waals surface area (Å²) in [5, 5.41) is 0. The molecule has 1 aromatic heterocycles. The Morgan fingerprint density at radius 3 is 2.58 bits per heavy atom. The summed E-state index contributed by atoms with van der Waals surface area (Å²) in [7, 11) is 0. The lowest BCUT2D eigenvalue weighted by Gasteiger charge is -2.23. The second-order valence-electron chi connectivity index (χ2n) is 4.93. The molecule has 0 amide bonds. The van der Waals surface area contributed by atoms with Crippen LogP contribution in [-0.4, -0.2) is 9.97 Å². The van der Waals surface area contributed by atoms with Crippen LogP contribution in [0.25, 0.3) is 11.3 Å². The van der Waals surface area contributed by atoms with E-state index in [1.165, 1.54) is 0 Å². The molecule has 102 valence electrons. The predicted molar refractivity (Wildman–Crippen MR) is 82.9 cm³/mol. The van der Waals surface area contributed by atoms with Crippen LogP contribution in [0.5, 0.6) is 0 Å². The molecule has 4 heteroatoms. The van der Waals surface area contributed by atoms with E-state index in [1.807, 2.05) is 19.1 Å². The van der Waals surface area contributed by atoms with Crippen molar-refractivity contribution in [3.05, 3.63) is 40.3 Å². The number of hydrogen-bond acceptors (Lipinski definition) is 2. The summed E-state index contributed by atoms with van der Waals surface area (Å²) >= 11 is 3.49. The number of aromatic amines is 1. The van der Waals surface area contributed by atoms with Gasteiger partial charge in [-0.1, -0.05) is 41.9 Å². The van der Waals surface area contributed by atoms with Gasteiger partial charge in [-0.05, 0) is 31.9 Å². The van der Waals surface area contributed by atoms with Gasteiger partial charge in [-0.3, -0.25) is 0 Å². The summed E-state index contributed by atoms with van der Waals surface area (Å²) in [6.45, 7) is 6.23. The topological polar surface area (TPSA) is 54.7 Å². The summed E-state index contributed by atoms with van der Waals surface area (Å²) < 4.78 is 1.05. The van der Waals surface area contributed by atoms with Gasteiger partial charge in [0.1, 0.15) is 5.82 Å². The van der Waals surface area contributed by atoms with Crippen LogP contribution in [0.15, 0.2) is 28.7 Å². The zero-order chi connectivity index (χ0) is 14.0. The summed E-state index contributed by atoms with van der Waals surface area (Å²) in [6.07, 6.45) is 1.74. The van der Waals surface area contributed by atoms with Crippen LogP contribution in [0.1, 0.15) is 38.2 Å². The lowest BCUT2D eigenvalue weighted by atomic mass is 9.93. The Balaban J connectivity index is 2.47. The van der Waals surface area contributed by atoms with Crippen LogP contribution >= 0.6 is 15.9 Å². The number of benzene rings is 1. The fraction of sp³-hybridized carbons (Fsp3) is 0.400. The largest absolute Gasteiger partial charge is 0.344 e. The molecular formula is C15H20BrN3. The van der Waals surface area contributed by atoms with Crippen molar-refractivity contribution in [1.82, 2.24) is 9.97 Å². The zero-order valence-electron chi connectivity index (χ0n) is 11.6. The Labute approximate surface area is 122 Å². The molecule has 0 aliphatic carbocycles. The molecule has 0 atom stereocenters. The third-order valence-corrected chi connectivity index (χ3v) is 4.21. The van der Waals surface area contributed by atoms with E-state index in [-0.39, 0.29) is 5.54 Å². The highest BCUT2D eigenvalue weighted by molar-refractivity contribution is 9.10. The summed E-state index contributed by atoms with van der Waals surface area (Å²) in [5.74, 6) is 0.880. The molecule has 0 saturated carbocycles. The molecule has 3 N–H and O–H groups in total. The lowest BCUT2D eigenvalue weighted by molar-refractivity contribution is 0.390. The van der Waals surface area contributed by atoms with Gasteiger partial charge in [-0.25, -0.2) is 4.98 Å². The highest BCUT2D eigenvalue weighted by atomic mass is 79.9. The van der Waals surface area contributed by atoms with Gasteiger partial charge < -0.3 is 10.7 Å². The van der Waals surface area contributed by atoms with E-state index in [1.54, 1.807) is 0 Å². The van der Waals surface area contributed by atoms with Crippen molar-refractivity contribution in [2.75, 3.05) is 0 Å². The number of nitrogens with one attached hydrogen (secondary N) is 1. The molecule has 0 bridgehead atoms. The van der Waals surface area contributed by atoms with Crippen molar-refractivity contribution in [3.63, 3.8) is 0 Å². The quantitative estimate of drug-likeness (QED) is 0.889. The molecule has 0 spiro atoms. The maximum atomic E-state index is 6.41. The standard InChI is InChI=1S/C15H20BrN3/c1-4-15(17,5-2)14-18-10(3)13(19-14)11-7-6-8-12(16)9-11/h6-9H,4-5,17H2,1-3H3,(H,18,19). The van der Waals surface area contributed by atoms with Gasteiger partial charge in [-0.2, -0.15) is 0 Å². The first-order chi connectivity index (χ1) is 9.00. The fourth-order valence-corrected chi connectivity index (χ4v) is 2.60. The number of halogens is 1. The molecule has 1 heterocycles. The number of aryl methyl sites for hydroxylation is 1. The van der Waals surface area contributed by atoms with Crippen molar-refractivity contribution in [2.24, 2.45) is 5.73 Å². The average molecular weight is 322 g/mol. The van der Waals surface area contributed by atoms with Crippen LogP contribution in [-0.2, 0) is 5.54 Å². The van der Waals surface area contributed by atoms with Crippen LogP contribution in [0.4, 0.5) is 0 Å². The molecule has 0 fully saturated rings. The molecule has 19 heavy (non-hydrogen) atoms. The van der Waals surface area contributed by atoms with Crippen LogP contribution < -0.4 is 5.73 Å². The van der Waals surface area contributed by atoms with Crippen LogP contribution in [0.2, 0.25) is 0 Å². The number of aromatic nitrogens is 2. The van der Waals surface area contributed by atoms with Gasteiger partial charge in [0.25, 0.3) is 0 Å². The summed E-state index contributed by atoms with van der Waals surface area (Å²) in [5.41, 5.74) is 9.18. The molecule has 0 aliphatic rings. The molecule has 2 rings (SSSR count). The predicted octanol–water partition coefficient (Wildman–Crippen LogP) is 4.12. The lowest BCUT2D eigenvalue weighted by Crippen LogP contribution is -2.36. The van der Waals surface area contributed by atoms with Crippen LogP contribution in [0.3, 0.4) is 0 Å². The Hall–Kier alpha value is -1.13. The number of nitrogens with two attached hydrogens (primary N) is 1. The van der Waals surface area contributed by atoms with Gasteiger partial charge in [0, 0.05) is 15.7 Å². The van der Waals surface area contributed by atoms with Crippen molar-refractivity contribution in [3.8, 4) is 11.3 Å². The molecule has 0 aliphatic heterocycles. The maximum absolute atomic E-state index is 6.41. The van der Waals surface area contributed by atoms with E-state index >= 15 is 0 Å². The van der Waals surface area contributed by atoms with Crippen molar-refractivity contribution in [1.29, 1.82) is 0 Å². The van der Waals surface area contributed by atoms with Gasteiger partial charge >= 0.3 is 0 Å². The van der Waals surface area contributed by atoms with E-state index in [0.717, 1.165) is 40.1 Å². The van der Waals surface area contributed by atoms with Gasteiger partial charge in [0.15, 0.2) is 0 Å². The van der Waals surface area contributed by atoms with E-state index in [4.69, 9.17) is 10.7 Å². The minimum Gasteiger partial charge on any atom is -0.344 e. The summed E-state index contributed by atoms with van der Waals surface area (Å²) in [4.78, 5) is 8.09. The molecule has 0 saturated heterocycles. The normalized spacial score (nSPS) is 11.8. The van der Waals surface area contributed by atoms with Crippen molar-refractivity contribution < 1.29 is 0 Å². The smallest absolute Gasteiger partial charge is 0.127 e. The van der Waals surface area contributed by atoms with E-state index in [9.17, 15) is 0 Å². The zero-order valence-corrected chi connectivity index (χ0v) is 13.2. The third kappa shape index (κ3) is 2.74. The monoisotopic (exact) mass is 321 g/mol. The maximum Gasteiger partial charge on any atom is 0.127 e. The molecule has 3 nitrogen and oxygen atoms in total. The third-order valence-electron chi connectivity index (χ3n) is 3.72. The first-order valence-electron chi connectivity index (χ1n) is 6.62. The minimum absolute atomic E-state index is 0.366.